The van der Waals surface area contributed by atoms with Gasteiger partial charge in [-0.25, -0.2) is 0 Å². The number of hydrogen-bond donors (Lipinski definition) is 1. The lowest BCUT2D eigenvalue weighted by atomic mass is 10.1. The van der Waals surface area contributed by atoms with Crippen LogP contribution < -0.4 is 9.47 Å². The highest BCUT2D eigenvalue weighted by molar-refractivity contribution is 5.92. The fourth-order valence-corrected chi connectivity index (χ4v) is 2.60. The number of carbonyl (C=O) groups excluding carboxylic acids is 1. The first-order chi connectivity index (χ1) is 10.6. The van der Waals surface area contributed by atoms with Gasteiger partial charge in [-0.2, -0.15) is 0 Å². The van der Waals surface area contributed by atoms with E-state index in [1.54, 1.807) is 11.0 Å². The number of aliphatic carboxylic acids is 1. The highest BCUT2D eigenvalue weighted by atomic mass is 35.5. The quantitative estimate of drug-likeness (QED) is 0.850. The molecule has 1 N–H and O–H groups in total. The molecule has 1 fully saturated rings. The van der Waals surface area contributed by atoms with E-state index in [0.29, 0.717) is 37.7 Å². The molecule has 2 aliphatic heterocycles. The summed E-state index contributed by atoms with van der Waals surface area (Å²) >= 11 is 0. The molecule has 124 valence electrons. The molecule has 0 spiro atoms. The molecule has 6 nitrogen and oxygen atoms in total. The van der Waals surface area contributed by atoms with E-state index >= 15 is 0 Å². The molecule has 1 amide bonds. The molecule has 7 heteroatoms. The van der Waals surface area contributed by atoms with Gasteiger partial charge in [-0.1, -0.05) is 6.07 Å². The molecule has 2 heterocycles. The van der Waals surface area contributed by atoms with Gasteiger partial charge in [0.05, 0.1) is 5.92 Å². The Bertz CT molecular complexity index is 631. The van der Waals surface area contributed by atoms with Gasteiger partial charge in [0.1, 0.15) is 13.2 Å². The van der Waals surface area contributed by atoms with Crippen LogP contribution in [0.25, 0.3) is 6.08 Å². The van der Waals surface area contributed by atoms with E-state index < -0.39 is 11.9 Å². The maximum absolute atomic E-state index is 12.1. The zero-order valence-electron chi connectivity index (χ0n) is 12.4. The summed E-state index contributed by atoms with van der Waals surface area (Å²) in [5, 5.41) is 8.95. The lowest BCUT2D eigenvalue weighted by Crippen LogP contribution is -2.28. The van der Waals surface area contributed by atoms with Crippen molar-refractivity contribution < 1.29 is 24.2 Å². The minimum Gasteiger partial charge on any atom is -0.486 e. The monoisotopic (exact) mass is 339 g/mol. The lowest BCUT2D eigenvalue weighted by Gasteiger charge is -2.18. The largest absolute Gasteiger partial charge is 0.486 e. The summed E-state index contributed by atoms with van der Waals surface area (Å²) in [5.74, 6) is -0.0806. The van der Waals surface area contributed by atoms with Gasteiger partial charge in [-0.15, -0.1) is 12.4 Å². The van der Waals surface area contributed by atoms with Crippen LogP contribution in [0.4, 0.5) is 0 Å². The lowest BCUT2D eigenvalue weighted by molar-refractivity contribution is -0.141. The first-order valence-corrected chi connectivity index (χ1v) is 7.23. The molecule has 2 aliphatic rings. The number of carbonyl (C=O) groups is 2. The number of amides is 1. The van der Waals surface area contributed by atoms with E-state index in [1.807, 2.05) is 18.2 Å². The molecule has 1 atom stereocenters. The molecule has 0 bridgehead atoms. The number of fused-ring (bicyclic) bond motifs is 1. The molecular weight excluding hydrogens is 322 g/mol. The first-order valence-electron chi connectivity index (χ1n) is 7.23. The van der Waals surface area contributed by atoms with Crippen molar-refractivity contribution in [3.8, 4) is 11.5 Å². The second-order valence-electron chi connectivity index (χ2n) is 5.34. The number of rotatable bonds is 3. The number of ether oxygens (including phenoxy) is 2. The van der Waals surface area contributed by atoms with Gasteiger partial charge in [0.25, 0.3) is 0 Å². The topological polar surface area (TPSA) is 76.1 Å². The maximum atomic E-state index is 12.1. The average Bonchev–Trinajstić information content (AvgIpc) is 3.03. The molecular formula is C16H18ClNO5. The third-order valence-corrected chi connectivity index (χ3v) is 3.83. The predicted molar refractivity (Wildman–Crippen MR) is 86.0 cm³/mol. The molecule has 1 saturated heterocycles. The van der Waals surface area contributed by atoms with Gasteiger partial charge in [0, 0.05) is 19.2 Å². The zero-order chi connectivity index (χ0) is 15.5. The van der Waals surface area contributed by atoms with Crippen LogP contribution in [0.15, 0.2) is 24.3 Å². The Labute approximate surface area is 140 Å². The van der Waals surface area contributed by atoms with E-state index in [1.165, 1.54) is 6.08 Å². The van der Waals surface area contributed by atoms with Crippen molar-refractivity contribution in [3.05, 3.63) is 29.8 Å². The van der Waals surface area contributed by atoms with Crippen LogP contribution in [0, 0.1) is 5.92 Å². The Balaban J connectivity index is 0.00000192. The summed E-state index contributed by atoms with van der Waals surface area (Å²) in [6.45, 7) is 1.82. The summed E-state index contributed by atoms with van der Waals surface area (Å²) in [6.07, 6.45) is 3.68. The van der Waals surface area contributed by atoms with Crippen LogP contribution in [-0.2, 0) is 9.59 Å². The van der Waals surface area contributed by atoms with Crippen LogP contribution in [0.1, 0.15) is 12.0 Å². The Morgan fingerprint density at radius 1 is 1.22 bits per heavy atom. The van der Waals surface area contributed by atoms with Crippen LogP contribution in [0.2, 0.25) is 0 Å². The van der Waals surface area contributed by atoms with Crippen molar-refractivity contribution in [2.24, 2.45) is 5.92 Å². The third-order valence-electron chi connectivity index (χ3n) is 3.83. The van der Waals surface area contributed by atoms with Gasteiger partial charge < -0.3 is 19.5 Å². The van der Waals surface area contributed by atoms with Crippen molar-refractivity contribution in [3.63, 3.8) is 0 Å². The van der Waals surface area contributed by atoms with Gasteiger partial charge in [-0.3, -0.25) is 9.59 Å². The maximum Gasteiger partial charge on any atom is 0.308 e. The fourth-order valence-electron chi connectivity index (χ4n) is 2.60. The summed E-state index contributed by atoms with van der Waals surface area (Å²) in [7, 11) is 0. The first kappa shape index (κ1) is 17.1. The number of halogens is 1. The molecule has 1 unspecified atom stereocenters. The van der Waals surface area contributed by atoms with Crippen LogP contribution in [0.5, 0.6) is 11.5 Å². The van der Waals surface area contributed by atoms with E-state index in [0.717, 1.165) is 5.56 Å². The number of benzene rings is 1. The minimum absolute atomic E-state index is 0. The van der Waals surface area contributed by atoms with E-state index in [-0.39, 0.29) is 24.9 Å². The smallest absolute Gasteiger partial charge is 0.308 e. The number of nitrogens with zero attached hydrogens (tertiary/aromatic N) is 1. The Morgan fingerprint density at radius 2 is 1.96 bits per heavy atom. The Morgan fingerprint density at radius 3 is 2.65 bits per heavy atom. The molecule has 0 aliphatic carbocycles. The Kier molecular flexibility index (Phi) is 5.50. The van der Waals surface area contributed by atoms with Crippen LogP contribution in [-0.4, -0.2) is 48.2 Å². The summed E-state index contributed by atoms with van der Waals surface area (Å²) < 4.78 is 10.9. The molecule has 0 saturated carbocycles. The summed E-state index contributed by atoms with van der Waals surface area (Å²) in [5.41, 5.74) is 0.839. The molecule has 1 aromatic rings. The number of carboxylic acids is 1. The van der Waals surface area contributed by atoms with Crippen molar-refractivity contribution in [2.45, 2.75) is 6.42 Å². The number of carboxylic acid groups (broad SMARTS) is 1. The second kappa shape index (κ2) is 7.37. The van der Waals surface area contributed by atoms with E-state index in [4.69, 9.17) is 14.6 Å². The van der Waals surface area contributed by atoms with E-state index in [9.17, 15) is 9.59 Å². The average molecular weight is 340 g/mol. The zero-order valence-corrected chi connectivity index (χ0v) is 13.3. The third kappa shape index (κ3) is 3.96. The molecule has 0 radical (unpaired) electrons. The fraction of sp³-hybridized carbons (Fsp3) is 0.375. The van der Waals surface area contributed by atoms with Crippen molar-refractivity contribution in [2.75, 3.05) is 26.3 Å². The van der Waals surface area contributed by atoms with Crippen LogP contribution in [0.3, 0.4) is 0 Å². The highest BCUT2D eigenvalue weighted by Gasteiger charge is 2.29. The molecule has 3 rings (SSSR count). The van der Waals surface area contributed by atoms with Crippen molar-refractivity contribution in [1.29, 1.82) is 0 Å². The second-order valence-corrected chi connectivity index (χ2v) is 5.34. The molecule has 1 aromatic carbocycles. The minimum atomic E-state index is -0.842. The summed E-state index contributed by atoms with van der Waals surface area (Å²) in [6, 6.07) is 5.48. The van der Waals surface area contributed by atoms with Gasteiger partial charge in [0.2, 0.25) is 5.91 Å². The Hall–Kier alpha value is -2.21. The number of hydrogen-bond acceptors (Lipinski definition) is 4. The van der Waals surface area contributed by atoms with Crippen molar-refractivity contribution >= 4 is 30.4 Å². The number of likely N-dealkylation sites (tertiary alicyclic amines) is 1. The van der Waals surface area contributed by atoms with Gasteiger partial charge in [-0.05, 0) is 30.2 Å². The molecule has 23 heavy (non-hydrogen) atoms. The standard InChI is InChI=1S/C16H17NO5.ClH/c18-15(17-6-5-12(10-17)16(19)20)4-2-11-1-3-13-14(9-11)22-8-7-21-13;/h1-4,9,12H,5-8,10H2,(H,19,20);1H/b4-2+;. The highest BCUT2D eigenvalue weighted by Crippen LogP contribution is 2.31. The van der Waals surface area contributed by atoms with Crippen molar-refractivity contribution in [1.82, 2.24) is 4.90 Å². The van der Waals surface area contributed by atoms with E-state index in [2.05, 4.69) is 0 Å². The normalized spacial score (nSPS) is 19.5. The van der Waals surface area contributed by atoms with Gasteiger partial charge >= 0.3 is 5.97 Å². The summed E-state index contributed by atoms with van der Waals surface area (Å²) in [4.78, 5) is 24.5. The molecule has 0 aromatic heterocycles. The SMILES string of the molecule is Cl.O=C(O)C1CCN(C(=O)/C=C/c2ccc3c(c2)OCCO3)C1. The van der Waals surface area contributed by atoms with Crippen LogP contribution >= 0.6 is 12.4 Å². The predicted octanol–water partition coefficient (Wildman–Crippen LogP) is 1.83. The van der Waals surface area contributed by atoms with Gasteiger partial charge in [0.15, 0.2) is 11.5 Å².